The van der Waals surface area contributed by atoms with Crippen molar-refractivity contribution in [1.82, 2.24) is 15.8 Å². The maximum Gasteiger partial charge on any atom is 0.415 e. The minimum Gasteiger partial charge on any atom is -0.453 e. The van der Waals surface area contributed by atoms with Gasteiger partial charge in [-0.25, -0.2) is 8.42 Å². The predicted octanol–water partition coefficient (Wildman–Crippen LogP) is 4.77. The molecule has 0 aliphatic heterocycles. The lowest BCUT2D eigenvalue weighted by atomic mass is 9.43. The van der Waals surface area contributed by atoms with Crippen LogP contribution < -0.4 is 20.3 Å². The van der Waals surface area contributed by atoms with E-state index in [0.29, 0.717) is 30.1 Å². The molecule has 4 aliphatic carbocycles. The highest BCUT2D eigenvalue weighted by molar-refractivity contribution is 7.91. The fraction of sp³-hybridized carbons (Fsp3) is 0.628. The Hall–Kier alpha value is -4.01. The smallest absolute Gasteiger partial charge is 0.415 e. The van der Waals surface area contributed by atoms with Gasteiger partial charge in [0.2, 0.25) is 11.8 Å². The van der Waals surface area contributed by atoms with Crippen LogP contribution in [0.1, 0.15) is 90.5 Å². The van der Waals surface area contributed by atoms with Gasteiger partial charge in [0.05, 0.1) is 28.8 Å². The maximum atomic E-state index is 13.5. The molecule has 4 aliphatic rings. The summed E-state index contributed by atoms with van der Waals surface area (Å²) in [4.78, 5) is 26.7. The van der Waals surface area contributed by atoms with Crippen molar-refractivity contribution < 1.29 is 42.5 Å². The zero-order valence-electron chi connectivity index (χ0n) is 33.2. The third-order valence-electron chi connectivity index (χ3n) is 14.7. The van der Waals surface area contributed by atoms with E-state index >= 15 is 0 Å². The van der Waals surface area contributed by atoms with E-state index in [1.165, 1.54) is 24.3 Å². The van der Waals surface area contributed by atoms with Crippen LogP contribution in [-0.2, 0) is 25.8 Å². The molecule has 310 valence electrons. The van der Waals surface area contributed by atoms with Crippen LogP contribution in [0, 0.1) is 51.5 Å². The van der Waals surface area contributed by atoms with Crippen LogP contribution >= 0.6 is 0 Å². The number of ether oxygens (including phenoxy) is 1. The number of fused-ring (bicyclic) bond motifs is 5. The molecule has 0 bridgehead atoms. The number of aliphatic hydroxyl groups is 2. The summed E-state index contributed by atoms with van der Waals surface area (Å²) in [5, 5.41) is 42.7. The number of rotatable bonds is 14. The molecule has 1 unspecified atom stereocenters. The van der Waals surface area contributed by atoms with Gasteiger partial charge < -0.3 is 30.8 Å². The minimum atomic E-state index is -4.30. The normalized spacial score (nSPS) is 31.9. The standard InChI is InChI=1S/C43H58N4O9S/c1-27(32-15-16-33-38-34(19-21-43(32,33)3)42(2)20-18-30(48)25-29(42)26-36(38)49)14-17-37(50)45-35(24-28-10-6-4-7-11-28)39(51)44-22-23-55-40-41(47(52)56-46-40)57(53,54)31-12-8-5-9-13-31/h4-13,27,29-30,32-36,38,48-49H,14-26H2,1-3H3,(H,44,51)(H,45,50)/t27-,29+,30-,32-,33+,34+,35+,36+,38?,42+,43-/m1/s1. The van der Waals surface area contributed by atoms with E-state index in [1.807, 2.05) is 30.3 Å². The molecule has 11 atom stereocenters. The summed E-state index contributed by atoms with van der Waals surface area (Å²) < 4.78 is 36.2. The summed E-state index contributed by atoms with van der Waals surface area (Å²) in [5.74, 6) is 1.15. The van der Waals surface area contributed by atoms with Crippen LogP contribution in [0.25, 0.3) is 0 Å². The Kier molecular flexibility index (Phi) is 12.1. The maximum absolute atomic E-state index is 13.5. The summed E-state index contributed by atoms with van der Waals surface area (Å²) in [6.45, 7) is 6.84. The molecule has 0 spiro atoms. The number of hydrogen-bond donors (Lipinski definition) is 4. The number of sulfone groups is 1. The van der Waals surface area contributed by atoms with Crippen LogP contribution in [0.5, 0.6) is 5.88 Å². The van der Waals surface area contributed by atoms with Crippen LogP contribution in [-0.4, -0.2) is 67.0 Å². The first-order chi connectivity index (χ1) is 27.2. The molecule has 4 fully saturated rings. The van der Waals surface area contributed by atoms with Gasteiger partial charge in [0.15, 0.2) is 0 Å². The first-order valence-electron chi connectivity index (χ1n) is 20.7. The van der Waals surface area contributed by atoms with Gasteiger partial charge in [-0.15, -0.1) is 0 Å². The molecular weight excluding hydrogens is 749 g/mol. The van der Waals surface area contributed by atoms with Gasteiger partial charge >= 0.3 is 10.9 Å². The Bertz CT molecular complexity index is 1980. The SMILES string of the molecule is C[C@H](CCC(=O)N[C@@H](Cc1ccccc1)C(=O)NCCOc1no[n+]([O-])c1S(=O)(=O)c1ccccc1)[C@H]1CC[C@H]2C3[C@@H](O)C[C@@H]4C[C@H](O)CC[C@]4(C)[C@H]3CC[C@]12C. The molecule has 0 radical (unpaired) electrons. The summed E-state index contributed by atoms with van der Waals surface area (Å²) in [5.41, 5.74) is 1.14. The highest BCUT2D eigenvalue weighted by Gasteiger charge is 2.62. The van der Waals surface area contributed by atoms with Crippen LogP contribution in [0.4, 0.5) is 0 Å². The Morgan fingerprint density at radius 1 is 0.982 bits per heavy atom. The van der Waals surface area contributed by atoms with E-state index in [2.05, 4.69) is 41.2 Å². The van der Waals surface area contributed by atoms with Gasteiger partial charge in [-0.1, -0.05) is 69.3 Å². The summed E-state index contributed by atoms with van der Waals surface area (Å²) in [6.07, 6.45) is 8.55. The Morgan fingerprint density at radius 2 is 1.67 bits per heavy atom. The number of aliphatic hydroxyl groups excluding tert-OH is 2. The van der Waals surface area contributed by atoms with Gasteiger partial charge in [0, 0.05) is 12.8 Å². The second-order valence-electron chi connectivity index (χ2n) is 17.8. The van der Waals surface area contributed by atoms with Gasteiger partial charge in [-0.2, -0.15) is 0 Å². The molecule has 4 N–H and O–H groups in total. The van der Waals surface area contributed by atoms with Gasteiger partial charge in [-0.05, 0) is 127 Å². The molecule has 13 nitrogen and oxygen atoms in total. The average Bonchev–Trinajstić information content (AvgIpc) is 3.76. The lowest BCUT2D eigenvalue weighted by Gasteiger charge is -2.62. The fourth-order valence-corrected chi connectivity index (χ4v) is 13.0. The molecule has 3 aromatic rings. The number of hydrogen-bond acceptors (Lipinski definition) is 10. The van der Waals surface area contributed by atoms with Crippen molar-refractivity contribution in [2.24, 2.45) is 46.3 Å². The lowest BCUT2D eigenvalue weighted by Crippen LogP contribution is -2.58. The number of nitrogens with zero attached hydrogens (tertiary/aromatic N) is 2. The highest BCUT2D eigenvalue weighted by atomic mass is 32.2. The molecule has 57 heavy (non-hydrogen) atoms. The molecule has 2 aromatic carbocycles. The minimum absolute atomic E-state index is 0.0622. The topological polar surface area (TPSA) is 195 Å². The van der Waals surface area contributed by atoms with Crippen molar-refractivity contribution in [3.05, 3.63) is 71.4 Å². The molecule has 2 amide bonds. The number of nitrogens with one attached hydrogen (secondary N) is 2. The zero-order chi connectivity index (χ0) is 40.5. The monoisotopic (exact) mass is 806 g/mol. The summed E-state index contributed by atoms with van der Waals surface area (Å²) in [6, 6.07) is 15.9. The number of carbonyl (C=O) groups is 2. The van der Waals surface area contributed by atoms with E-state index in [-0.39, 0.29) is 76.6 Å². The first kappa shape index (κ1) is 41.2. The molecule has 14 heteroatoms. The highest BCUT2D eigenvalue weighted by Crippen LogP contribution is 2.68. The van der Waals surface area contributed by atoms with E-state index in [4.69, 9.17) is 4.74 Å². The molecular formula is C43H58N4O9S. The summed E-state index contributed by atoms with van der Waals surface area (Å²) in [7, 11) is -4.30. The Balaban J connectivity index is 0.942. The van der Waals surface area contributed by atoms with Crippen LogP contribution in [0.15, 0.2) is 75.2 Å². The van der Waals surface area contributed by atoms with Crippen molar-refractivity contribution in [2.45, 2.75) is 120 Å². The number of carbonyl (C=O) groups excluding carboxylic acids is 2. The first-order valence-corrected chi connectivity index (χ1v) is 22.2. The lowest BCUT2D eigenvalue weighted by molar-refractivity contribution is -0.832. The number of benzene rings is 2. The largest absolute Gasteiger partial charge is 0.453 e. The van der Waals surface area contributed by atoms with Crippen molar-refractivity contribution in [3.8, 4) is 5.88 Å². The zero-order valence-corrected chi connectivity index (χ0v) is 34.0. The van der Waals surface area contributed by atoms with E-state index in [0.717, 1.165) is 56.9 Å². The molecule has 4 saturated carbocycles. The Morgan fingerprint density at radius 3 is 2.40 bits per heavy atom. The van der Waals surface area contributed by atoms with Crippen LogP contribution in [0.3, 0.4) is 0 Å². The van der Waals surface area contributed by atoms with E-state index in [9.17, 15) is 33.4 Å². The Labute approximate surface area is 335 Å². The summed E-state index contributed by atoms with van der Waals surface area (Å²) >= 11 is 0. The van der Waals surface area contributed by atoms with Gasteiger partial charge in [-0.3, -0.25) is 14.2 Å². The quantitative estimate of drug-likeness (QED) is 0.130. The van der Waals surface area contributed by atoms with Gasteiger partial charge in [0.25, 0.3) is 9.84 Å². The molecule has 1 aromatic heterocycles. The fourth-order valence-electron chi connectivity index (χ4n) is 11.7. The number of aromatic nitrogens is 2. The molecule has 7 rings (SSSR count). The average molecular weight is 807 g/mol. The van der Waals surface area contributed by atoms with Crippen LogP contribution in [0.2, 0.25) is 0 Å². The third-order valence-corrected chi connectivity index (χ3v) is 16.4. The van der Waals surface area contributed by atoms with Crippen molar-refractivity contribution >= 4 is 21.7 Å². The second-order valence-corrected chi connectivity index (χ2v) is 19.6. The van der Waals surface area contributed by atoms with Crippen molar-refractivity contribution in [1.29, 1.82) is 0 Å². The molecule has 0 saturated heterocycles. The number of amides is 2. The second kappa shape index (κ2) is 16.7. The van der Waals surface area contributed by atoms with Crippen molar-refractivity contribution in [3.63, 3.8) is 0 Å². The van der Waals surface area contributed by atoms with E-state index < -0.39 is 32.7 Å². The third kappa shape index (κ3) is 8.18. The molecule has 1 heterocycles. The van der Waals surface area contributed by atoms with Gasteiger partial charge in [0.1, 0.15) is 12.6 Å². The predicted molar refractivity (Wildman–Crippen MR) is 209 cm³/mol. The van der Waals surface area contributed by atoms with Crippen molar-refractivity contribution in [2.75, 3.05) is 13.2 Å². The van der Waals surface area contributed by atoms with E-state index in [1.54, 1.807) is 6.07 Å².